The summed E-state index contributed by atoms with van der Waals surface area (Å²) in [6.07, 6.45) is 16.3. The van der Waals surface area contributed by atoms with Gasteiger partial charge in [-0.15, -0.1) is 0 Å². The Kier molecular flexibility index (Phi) is 7.11. The number of hydrogen-bond donors (Lipinski definition) is 0. The molecule has 2 aliphatic rings. The number of ether oxygens (including phenoxy) is 1. The Morgan fingerprint density at radius 1 is 0.778 bits per heavy atom. The average Bonchev–Trinajstić information content (AvgIpc) is 3.22. The Morgan fingerprint density at radius 3 is 2.06 bits per heavy atom. The normalized spacial score (nSPS) is 24.3. The molecule has 1 unspecified atom stereocenters. The second-order valence-corrected chi connectivity index (χ2v) is 6.12. The lowest BCUT2D eigenvalue weighted by molar-refractivity contribution is 0.224. The van der Waals surface area contributed by atoms with Gasteiger partial charge in [0.1, 0.15) is 0 Å². The zero-order valence-corrected chi connectivity index (χ0v) is 12.0. The first-order valence-corrected chi connectivity index (χ1v) is 8.29. The van der Waals surface area contributed by atoms with E-state index in [4.69, 9.17) is 4.74 Å². The van der Waals surface area contributed by atoms with E-state index in [9.17, 15) is 0 Å². The largest absolute Gasteiger partial charge is 0.373 e. The molecular weight excluding hydrogens is 222 g/mol. The van der Waals surface area contributed by atoms with Crippen LogP contribution in [0.3, 0.4) is 0 Å². The van der Waals surface area contributed by atoms with Crippen LogP contribution in [0.25, 0.3) is 0 Å². The first-order valence-electron chi connectivity index (χ1n) is 8.29. The molecule has 0 bridgehead atoms. The summed E-state index contributed by atoms with van der Waals surface area (Å²) in [6, 6.07) is 0. The Morgan fingerprint density at radius 2 is 1.39 bits per heavy atom. The Bertz CT molecular complexity index is 197. The van der Waals surface area contributed by atoms with Crippen molar-refractivity contribution in [2.75, 3.05) is 26.2 Å². The minimum atomic E-state index is 0.648. The van der Waals surface area contributed by atoms with Gasteiger partial charge in [0.25, 0.3) is 0 Å². The molecule has 0 radical (unpaired) electrons. The van der Waals surface area contributed by atoms with Crippen LogP contribution in [0.4, 0.5) is 0 Å². The van der Waals surface area contributed by atoms with Crippen LogP contribution in [0, 0.1) is 0 Å². The zero-order valence-electron chi connectivity index (χ0n) is 12.0. The molecule has 2 aliphatic heterocycles. The number of hydrogen-bond acceptors (Lipinski definition) is 2. The summed E-state index contributed by atoms with van der Waals surface area (Å²) in [5, 5.41) is 0. The van der Waals surface area contributed by atoms with Gasteiger partial charge in [0.15, 0.2) is 0 Å². The third-order valence-electron chi connectivity index (χ3n) is 4.35. The van der Waals surface area contributed by atoms with E-state index in [-0.39, 0.29) is 0 Å². The van der Waals surface area contributed by atoms with Crippen molar-refractivity contribution in [3.05, 3.63) is 0 Å². The van der Waals surface area contributed by atoms with Gasteiger partial charge in [0.2, 0.25) is 0 Å². The van der Waals surface area contributed by atoms with Crippen LogP contribution in [0.2, 0.25) is 0 Å². The molecule has 2 saturated heterocycles. The number of likely N-dealkylation sites (tertiary alicyclic amines) is 1. The third-order valence-corrected chi connectivity index (χ3v) is 4.35. The van der Waals surface area contributed by atoms with E-state index in [0.717, 1.165) is 6.61 Å². The number of unbranched alkanes of at least 4 members (excludes halogenated alkanes) is 6. The molecule has 0 N–H and O–H groups in total. The van der Waals surface area contributed by atoms with Crippen LogP contribution in [0.5, 0.6) is 0 Å². The van der Waals surface area contributed by atoms with Crippen LogP contribution < -0.4 is 0 Å². The minimum absolute atomic E-state index is 0.648. The number of epoxide rings is 1. The smallest absolute Gasteiger partial charge is 0.0810 e. The van der Waals surface area contributed by atoms with Gasteiger partial charge in [0.05, 0.1) is 12.7 Å². The summed E-state index contributed by atoms with van der Waals surface area (Å²) in [4.78, 5) is 2.67. The van der Waals surface area contributed by atoms with Gasteiger partial charge in [-0.2, -0.15) is 0 Å². The van der Waals surface area contributed by atoms with Gasteiger partial charge in [-0.25, -0.2) is 0 Å². The van der Waals surface area contributed by atoms with Crippen molar-refractivity contribution >= 4 is 0 Å². The quantitative estimate of drug-likeness (QED) is 0.432. The molecule has 0 aromatic carbocycles. The van der Waals surface area contributed by atoms with Crippen molar-refractivity contribution in [2.24, 2.45) is 0 Å². The van der Waals surface area contributed by atoms with Crippen LogP contribution in [-0.2, 0) is 4.74 Å². The van der Waals surface area contributed by atoms with Crippen molar-refractivity contribution in [1.82, 2.24) is 4.90 Å². The predicted octanol–water partition coefficient (Wildman–Crippen LogP) is 3.99. The molecule has 2 nitrogen and oxygen atoms in total. The summed E-state index contributed by atoms with van der Waals surface area (Å²) < 4.78 is 5.22. The monoisotopic (exact) mass is 253 g/mol. The molecule has 2 heterocycles. The summed E-state index contributed by atoms with van der Waals surface area (Å²) >= 11 is 0. The molecule has 1 atom stereocenters. The fraction of sp³-hybridized carbons (Fsp3) is 1.00. The minimum Gasteiger partial charge on any atom is -0.373 e. The van der Waals surface area contributed by atoms with Gasteiger partial charge >= 0.3 is 0 Å². The van der Waals surface area contributed by atoms with Crippen molar-refractivity contribution in [3.8, 4) is 0 Å². The standard InChI is InChI=1S/C16H31NO/c1(2-4-7-11-16-15-18-16)3-5-8-12-17-13-9-6-10-14-17/h16H,1-15H2. The molecule has 106 valence electrons. The fourth-order valence-electron chi connectivity index (χ4n) is 3.01. The maximum atomic E-state index is 5.22. The Labute approximate surface area is 113 Å². The number of nitrogens with zero attached hydrogens (tertiary/aromatic N) is 1. The van der Waals surface area contributed by atoms with Gasteiger partial charge in [-0.05, 0) is 45.3 Å². The highest BCUT2D eigenvalue weighted by Gasteiger charge is 2.20. The van der Waals surface area contributed by atoms with Crippen LogP contribution in [0.1, 0.15) is 70.6 Å². The second kappa shape index (κ2) is 8.92. The SMILES string of the molecule is C(CCCCC1CO1)CCCCN1CCCCC1. The van der Waals surface area contributed by atoms with Crippen molar-refractivity contribution in [1.29, 1.82) is 0 Å². The molecular formula is C16H31NO. The molecule has 0 aromatic heterocycles. The van der Waals surface area contributed by atoms with Crippen molar-refractivity contribution < 1.29 is 4.74 Å². The number of rotatable bonds is 10. The lowest BCUT2D eigenvalue weighted by Crippen LogP contribution is -2.30. The van der Waals surface area contributed by atoms with E-state index in [1.54, 1.807) is 0 Å². The van der Waals surface area contributed by atoms with E-state index < -0.39 is 0 Å². The maximum Gasteiger partial charge on any atom is 0.0810 e. The van der Waals surface area contributed by atoms with E-state index in [1.165, 1.54) is 90.3 Å². The van der Waals surface area contributed by atoms with E-state index in [2.05, 4.69) is 4.90 Å². The molecule has 0 saturated carbocycles. The maximum absolute atomic E-state index is 5.22. The zero-order chi connectivity index (χ0) is 12.5. The van der Waals surface area contributed by atoms with Crippen LogP contribution in [-0.4, -0.2) is 37.2 Å². The van der Waals surface area contributed by atoms with Crippen molar-refractivity contribution in [2.45, 2.75) is 76.7 Å². The highest BCUT2D eigenvalue weighted by atomic mass is 16.6. The van der Waals surface area contributed by atoms with Crippen LogP contribution >= 0.6 is 0 Å². The highest BCUT2D eigenvalue weighted by molar-refractivity contribution is 4.68. The summed E-state index contributed by atoms with van der Waals surface area (Å²) in [7, 11) is 0. The average molecular weight is 253 g/mol. The highest BCUT2D eigenvalue weighted by Crippen LogP contribution is 2.18. The molecule has 0 amide bonds. The van der Waals surface area contributed by atoms with E-state index >= 15 is 0 Å². The predicted molar refractivity (Wildman–Crippen MR) is 77.0 cm³/mol. The first-order chi connectivity index (χ1) is 8.95. The third kappa shape index (κ3) is 6.75. The van der Waals surface area contributed by atoms with E-state index in [1.807, 2.05) is 0 Å². The van der Waals surface area contributed by atoms with Gasteiger partial charge in [-0.3, -0.25) is 0 Å². The Balaban J connectivity index is 1.28. The van der Waals surface area contributed by atoms with Crippen molar-refractivity contribution in [3.63, 3.8) is 0 Å². The molecule has 18 heavy (non-hydrogen) atoms. The molecule has 0 aliphatic carbocycles. The fourth-order valence-corrected chi connectivity index (χ4v) is 3.01. The molecule has 2 fully saturated rings. The summed E-state index contributed by atoms with van der Waals surface area (Å²) in [6.45, 7) is 5.13. The lowest BCUT2D eigenvalue weighted by atomic mass is 10.1. The second-order valence-electron chi connectivity index (χ2n) is 6.12. The van der Waals surface area contributed by atoms with Gasteiger partial charge in [-0.1, -0.05) is 44.9 Å². The van der Waals surface area contributed by atoms with Crippen LogP contribution in [0.15, 0.2) is 0 Å². The summed E-state index contributed by atoms with van der Waals surface area (Å²) in [5.74, 6) is 0. The molecule has 2 rings (SSSR count). The lowest BCUT2D eigenvalue weighted by Gasteiger charge is -2.26. The first kappa shape index (κ1) is 14.3. The summed E-state index contributed by atoms with van der Waals surface area (Å²) in [5.41, 5.74) is 0. The molecule has 0 spiro atoms. The topological polar surface area (TPSA) is 15.8 Å². The molecule has 2 heteroatoms. The number of piperidine rings is 1. The Hall–Kier alpha value is -0.0800. The molecule has 0 aromatic rings. The van der Waals surface area contributed by atoms with E-state index in [0.29, 0.717) is 6.10 Å². The van der Waals surface area contributed by atoms with Gasteiger partial charge < -0.3 is 9.64 Å². The van der Waals surface area contributed by atoms with Gasteiger partial charge in [0, 0.05) is 0 Å².